The lowest BCUT2D eigenvalue weighted by Gasteiger charge is -2.09. The third-order valence-electron chi connectivity index (χ3n) is 2.95. The van der Waals surface area contributed by atoms with E-state index in [2.05, 4.69) is 9.97 Å². The second-order valence-electron chi connectivity index (χ2n) is 4.33. The first-order valence-corrected chi connectivity index (χ1v) is 5.75. The van der Waals surface area contributed by atoms with Crippen LogP contribution in [0.5, 0.6) is 5.75 Å². The molecule has 0 fully saturated rings. The molecule has 1 aromatic heterocycles. The Kier molecular flexibility index (Phi) is 3.19. The number of hydrogen-bond acceptors (Lipinski definition) is 3. The Labute approximate surface area is 106 Å². The molecule has 0 radical (unpaired) electrons. The number of nitrogens with one attached hydrogen (secondary N) is 1. The van der Waals surface area contributed by atoms with Crippen LogP contribution in [-0.2, 0) is 0 Å². The lowest BCUT2D eigenvalue weighted by molar-refractivity contribution is 0.416. The summed E-state index contributed by atoms with van der Waals surface area (Å²) in [5, 5.41) is 0. The fraction of sp³-hybridized carbons (Fsp3) is 0.286. The van der Waals surface area contributed by atoms with Crippen molar-refractivity contribution < 1.29 is 4.74 Å². The summed E-state index contributed by atoms with van der Waals surface area (Å²) in [4.78, 5) is 19.2. The molecular weight excluding hydrogens is 228 g/mol. The van der Waals surface area contributed by atoms with Crippen molar-refractivity contribution >= 4 is 0 Å². The van der Waals surface area contributed by atoms with Gasteiger partial charge < -0.3 is 9.72 Å². The van der Waals surface area contributed by atoms with Gasteiger partial charge in [0.1, 0.15) is 11.4 Å². The summed E-state index contributed by atoms with van der Waals surface area (Å²) < 4.78 is 5.29. The molecule has 0 aliphatic carbocycles. The summed E-state index contributed by atoms with van der Waals surface area (Å²) in [6, 6.07) is 5.70. The smallest absolute Gasteiger partial charge is 0.274 e. The SMILES string of the molecule is COc1ccc(C)cc1-c1nc(C)c(C)[nH]c1=O. The summed E-state index contributed by atoms with van der Waals surface area (Å²) in [5.74, 6) is 0.654. The van der Waals surface area contributed by atoms with Gasteiger partial charge in [-0.15, -0.1) is 0 Å². The Balaban J connectivity index is 2.72. The molecular formula is C14H16N2O2. The number of hydrogen-bond donors (Lipinski definition) is 1. The third kappa shape index (κ3) is 2.14. The van der Waals surface area contributed by atoms with E-state index in [0.29, 0.717) is 11.4 Å². The second kappa shape index (κ2) is 4.64. The van der Waals surface area contributed by atoms with Crippen LogP contribution in [0.3, 0.4) is 0 Å². The third-order valence-corrected chi connectivity index (χ3v) is 2.95. The fourth-order valence-electron chi connectivity index (χ4n) is 1.81. The largest absolute Gasteiger partial charge is 0.496 e. The van der Waals surface area contributed by atoms with Gasteiger partial charge in [0.15, 0.2) is 0 Å². The van der Waals surface area contributed by atoms with Crippen LogP contribution >= 0.6 is 0 Å². The zero-order valence-corrected chi connectivity index (χ0v) is 11.0. The van der Waals surface area contributed by atoms with E-state index >= 15 is 0 Å². The molecule has 0 aliphatic heterocycles. The lowest BCUT2D eigenvalue weighted by Crippen LogP contribution is -2.14. The maximum absolute atomic E-state index is 12.0. The second-order valence-corrected chi connectivity index (χ2v) is 4.33. The molecule has 1 N–H and O–H groups in total. The lowest BCUT2D eigenvalue weighted by atomic mass is 10.1. The number of rotatable bonds is 2. The van der Waals surface area contributed by atoms with E-state index in [1.807, 2.05) is 39.0 Å². The highest BCUT2D eigenvalue weighted by Crippen LogP contribution is 2.27. The number of methoxy groups -OCH3 is 1. The predicted molar refractivity (Wildman–Crippen MR) is 71.1 cm³/mol. The quantitative estimate of drug-likeness (QED) is 0.882. The molecule has 0 bridgehead atoms. The van der Waals surface area contributed by atoms with E-state index in [1.54, 1.807) is 7.11 Å². The number of benzene rings is 1. The molecule has 18 heavy (non-hydrogen) atoms. The van der Waals surface area contributed by atoms with E-state index in [4.69, 9.17) is 4.74 Å². The summed E-state index contributed by atoms with van der Waals surface area (Å²) in [6.07, 6.45) is 0. The highest BCUT2D eigenvalue weighted by Gasteiger charge is 2.12. The molecule has 1 heterocycles. The standard InChI is InChI=1S/C14H16N2O2/c1-8-5-6-12(18-4)11(7-8)13-14(17)16-10(3)9(2)15-13/h5-7H,1-4H3,(H,16,17). The van der Waals surface area contributed by atoms with Crippen molar-refractivity contribution in [1.82, 2.24) is 9.97 Å². The van der Waals surface area contributed by atoms with Crippen LogP contribution in [0.15, 0.2) is 23.0 Å². The van der Waals surface area contributed by atoms with Gasteiger partial charge in [-0.25, -0.2) is 4.98 Å². The van der Waals surface area contributed by atoms with Crippen LogP contribution in [0.1, 0.15) is 17.0 Å². The van der Waals surface area contributed by atoms with Crippen LogP contribution in [0.2, 0.25) is 0 Å². The molecule has 1 aromatic carbocycles. The van der Waals surface area contributed by atoms with E-state index in [1.165, 1.54) is 0 Å². The van der Waals surface area contributed by atoms with Crippen LogP contribution in [0.4, 0.5) is 0 Å². The Bertz CT molecular complexity index is 645. The van der Waals surface area contributed by atoms with E-state index in [-0.39, 0.29) is 5.56 Å². The van der Waals surface area contributed by atoms with E-state index < -0.39 is 0 Å². The van der Waals surface area contributed by atoms with Crippen molar-refractivity contribution in [2.75, 3.05) is 7.11 Å². The van der Waals surface area contributed by atoms with Gasteiger partial charge in [0.25, 0.3) is 5.56 Å². The van der Waals surface area contributed by atoms with Gasteiger partial charge in [-0.2, -0.15) is 0 Å². The van der Waals surface area contributed by atoms with Crippen molar-refractivity contribution in [3.8, 4) is 17.0 Å². The topological polar surface area (TPSA) is 55.0 Å². The maximum atomic E-state index is 12.0. The van der Waals surface area contributed by atoms with Gasteiger partial charge in [0.05, 0.1) is 12.8 Å². The minimum Gasteiger partial charge on any atom is -0.496 e. The normalized spacial score (nSPS) is 10.4. The van der Waals surface area contributed by atoms with Gasteiger partial charge in [0, 0.05) is 11.3 Å². The Morgan fingerprint density at radius 3 is 2.61 bits per heavy atom. The average Bonchev–Trinajstić information content (AvgIpc) is 2.34. The first-order chi connectivity index (χ1) is 8.52. The number of aromatic nitrogens is 2. The van der Waals surface area contributed by atoms with Crippen LogP contribution < -0.4 is 10.3 Å². The van der Waals surface area contributed by atoms with Gasteiger partial charge in [-0.05, 0) is 32.9 Å². The number of aromatic amines is 1. The molecule has 0 saturated heterocycles. The zero-order valence-electron chi connectivity index (χ0n) is 11.0. The first kappa shape index (κ1) is 12.4. The van der Waals surface area contributed by atoms with Crippen molar-refractivity contribution in [3.05, 3.63) is 45.5 Å². The highest BCUT2D eigenvalue weighted by molar-refractivity contribution is 5.67. The summed E-state index contributed by atoms with van der Waals surface area (Å²) in [5.41, 5.74) is 3.59. The Morgan fingerprint density at radius 1 is 1.22 bits per heavy atom. The molecule has 94 valence electrons. The summed E-state index contributed by atoms with van der Waals surface area (Å²) in [6.45, 7) is 5.68. The van der Waals surface area contributed by atoms with Gasteiger partial charge in [-0.3, -0.25) is 4.79 Å². The Morgan fingerprint density at radius 2 is 1.94 bits per heavy atom. The Hall–Kier alpha value is -2.10. The molecule has 0 atom stereocenters. The predicted octanol–water partition coefficient (Wildman–Crippen LogP) is 2.37. The van der Waals surface area contributed by atoms with E-state index in [0.717, 1.165) is 22.5 Å². The van der Waals surface area contributed by atoms with Crippen molar-refractivity contribution in [2.24, 2.45) is 0 Å². The molecule has 2 rings (SSSR count). The van der Waals surface area contributed by atoms with Gasteiger partial charge in [0.2, 0.25) is 0 Å². The van der Waals surface area contributed by atoms with Crippen LogP contribution in [0.25, 0.3) is 11.3 Å². The zero-order chi connectivity index (χ0) is 13.3. The maximum Gasteiger partial charge on any atom is 0.274 e. The fourth-order valence-corrected chi connectivity index (χ4v) is 1.81. The molecule has 2 aromatic rings. The molecule has 0 spiro atoms. The van der Waals surface area contributed by atoms with Gasteiger partial charge >= 0.3 is 0 Å². The number of H-pyrrole nitrogens is 1. The van der Waals surface area contributed by atoms with Crippen LogP contribution in [0, 0.1) is 20.8 Å². The summed E-state index contributed by atoms with van der Waals surface area (Å²) >= 11 is 0. The summed E-state index contributed by atoms with van der Waals surface area (Å²) in [7, 11) is 1.59. The molecule has 0 amide bonds. The molecule has 0 unspecified atom stereocenters. The average molecular weight is 244 g/mol. The molecule has 0 saturated carbocycles. The molecule has 0 aliphatic rings. The monoisotopic (exact) mass is 244 g/mol. The van der Waals surface area contributed by atoms with E-state index in [9.17, 15) is 4.79 Å². The first-order valence-electron chi connectivity index (χ1n) is 5.75. The van der Waals surface area contributed by atoms with Crippen molar-refractivity contribution in [3.63, 3.8) is 0 Å². The van der Waals surface area contributed by atoms with Crippen molar-refractivity contribution in [1.29, 1.82) is 0 Å². The number of nitrogens with zero attached hydrogens (tertiary/aromatic N) is 1. The highest BCUT2D eigenvalue weighted by atomic mass is 16.5. The minimum absolute atomic E-state index is 0.193. The minimum atomic E-state index is -0.193. The number of ether oxygens (including phenoxy) is 1. The molecule has 4 heteroatoms. The van der Waals surface area contributed by atoms with Gasteiger partial charge in [-0.1, -0.05) is 11.6 Å². The van der Waals surface area contributed by atoms with Crippen molar-refractivity contribution in [2.45, 2.75) is 20.8 Å². The van der Waals surface area contributed by atoms with Crippen LogP contribution in [-0.4, -0.2) is 17.1 Å². The molecule has 4 nitrogen and oxygen atoms in total. The number of aryl methyl sites for hydroxylation is 3.